The van der Waals surface area contributed by atoms with E-state index in [1.807, 2.05) is 30.3 Å². The number of para-hydroxylation sites is 1. The summed E-state index contributed by atoms with van der Waals surface area (Å²) in [5, 5.41) is 3.83. The lowest BCUT2D eigenvalue weighted by molar-refractivity contribution is -0.119. The Balaban J connectivity index is 1.54. The van der Waals surface area contributed by atoms with E-state index in [1.165, 1.54) is 11.8 Å². The second kappa shape index (κ2) is 8.71. The van der Waals surface area contributed by atoms with Crippen molar-refractivity contribution in [3.05, 3.63) is 46.4 Å². The monoisotopic (exact) mass is 417 g/mol. The third kappa shape index (κ3) is 4.29. The maximum atomic E-state index is 13.1. The number of nitrogens with one attached hydrogen (secondary N) is 1. The lowest BCUT2D eigenvalue weighted by Gasteiger charge is -2.14. The molecule has 6 nitrogen and oxygen atoms in total. The van der Waals surface area contributed by atoms with Crippen LogP contribution in [0.4, 0.5) is 0 Å². The fourth-order valence-electron chi connectivity index (χ4n) is 3.42. The highest BCUT2D eigenvalue weighted by Gasteiger charge is 2.27. The van der Waals surface area contributed by atoms with Gasteiger partial charge in [-0.15, -0.1) is 11.8 Å². The van der Waals surface area contributed by atoms with Crippen molar-refractivity contribution in [1.82, 2.24) is 14.9 Å². The van der Waals surface area contributed by atoms with Crippen LogP contribution in [0, 0.1) is 0 Å². The summed E-state index contributed by atoms with van der Waals surface area (Å²) in [4.78, 5) is 30.9. The van der Waals surface area contributed by atoms with Crippen LogP contribution in [-0.2, 0) is 16.0 Å². The Morgan fingerprint density at radius 2 is 2.21 bits per heavy atom. The van der Waals surface area contributed by atoms with E-state index < -0.39 is 0 Å². The fraction of sp³-hybridized carbons (Fsp3) is 0.450. The summed E-state index contributed by atoms with van der Waals surface area (Å²) in [6.07, 6.45) is 2.94. The van der Waals surface area contributed by atoms with Crippen molar-refractivity contribution in [1.29, 1.82) is 0 Å². The maximum Gasteiger partial charge on any atom is 0.272 e. The SMILES string of the molecule is C[C@@H]1Cc2nc(SCC(=O)NC[C@H]3CCCO3)n(-c3ccccc3)c(=O)c2S1. The predicted molar refractivity (Wildman–Crippen MR) is 112 cm³/mol. The molecule has 0 saturated carbocycles. The lowest BCUT2D eigenvalue weighted by atomic mass is 10.2. The number of hydrogen-bond acceptors (Lipinski definition) is 6. The molecule has 1 N–H and O–H groups in total. The van der Waals surface area contributed by atoms with Crippen LogP contribution in [0.2, 0.25) is 0 Å². The van der Waals surface area contributed by atoms with Crippen LogP contribution >= 0.6 is 23.5 Å². The third-order valence-corrected chi connectivity index (χ3v) is 6.93. The van der Waals surface area contributed by atoms with Crippen molar-refractivity contribution < 1.29 is 9.53 Å². The average Bonchev–Trinajstić information content (AvgIpc) is 3.34. The van der Waals surface area contributed by atoms with Crippen LogP contribution < -0.4 is 10.9 Å². The number of benzene rings is 1. The Bertz CT molecular complexity index is 911. The number of ether oxygens (including phenoxy) is 1. The number of hydrogen-bond donors (Lipinski definition) is 1. The zero-order chi connectivity index (χ0) is 19.5. The molecule has 4 rings (SSSR count). The topological polar surface area (TPSA) is 73.2 Å². The number of amides is 1. The molecule has 1 amide bonds. The minimum atomic E-state index is -0.0717. The van der Waals surface area contributed by atoms with Gasteiger partial charge >= 0.3 is 0 Å². The van der Waals surface area contributed by atoms with Gasteiger partial charge in [-0.25, -0.2) is 4.98 Å². The molecule has 2 aromatic rings. The third-order valence-electron chi connectivity index (χ3n) is 4.78. The molecule has 2 atom stereocenters. The molecular formula is C20H23N3O3S2. The van der Waals surface area contributed by atoms with Crippen LogP contribution in [0.25, 0.3) is 5.69 Å². The molecule has 8 heteroatoms. The van der Waals surface area contributed by atoms with Gasteiger partial charge in [0.05, 0.1) is 28.1 Å². The molecule has 28 heavy (non-hydrogen) atoms. The first-order valence-corrected chi connectivity index (χ1v) is 11.4. The van der Waals surface area contributed by atoms with E-state index in [2.05, 4.69) is 12.2 Å². The summed E-state index contributed by atoms with van der Waals surface area (Å²) < 4.78 is 7.16. The second-order valence-electron chi connectivity index (χ2n) is 7.01. The van der Waals surface area contributed by atoms with Gasteiger partial charge in [0.25, 0.3) is 5.56 Å². The Labute approximate surface area is 172 Å². The molecule has 148 valence electrons. The summed E-state index contributed by atoms with van der Waals surface area (Å²) in [6.45, 7) is 3.41. The smallest absolute Gasteiger partial charge is 0.272 e. The molecule has 3 heterocycles. The first-order valence-electron chi connectivity index (χ1n) is 9.51. The van der Waals surface area contributed by atoms with Gasteiger partial charge in [-0.2, -0.15) is 0 Å². The van der Waals surface area contributed by atoms with Gasteiger partial charge in [0.15, 0.2) is 5.16 Å². The van der Waals surface area contributed by atoms with Gasteiger partial charge in [-0.05, 0) is 25.0 Å². The van der Waals surface area contributed by atoms with E-state index in [0.717, 1.165) is 42.1 Å². The maximum absolute atomic E-state index is 13.1. The van der Waals surface area contributed by atoms with Crippen LogP contribution in [0.1, 0.15) is 25.5 Å². The van der Waals surface area contributed by atoms with Crippen molar-refractivity contribution in [3.63, 3.8) is 0 Å². The first-order chi connectivity index (χ1) is 13.6. The molecule has 0 bridgehead atoms. The van der Waals surface area contributed by atoms with Crippen molar-refractivity contribution in [2.75, 3.05) is 18.9 Å². The summed E-state index contributed by atoms with van der Waals surface area (Å²) in [6, 6.07) is 9.48. The first kappa shape index (κ1) is 19.5. The van der Waals surface area contributed by atoms with Gasteiger partial charge in [-0.3, -0.25) is 14.2 Å². The standard InChI is InChI=1S/C20H23N3O3S2/c1-13-10-16-18(28-13)19(25)23(14-6-3-2-4-7-14)20(22-16)27-12-17(24)21-11-15-8-5-9-26-15/h2-4,6-7,13,15H,5,8-12H2,1H3,(H,21,24)/t13-,15-/m1/s1. The van der Waals surface area contributed by atoms with Crippen LogP contribution in [-0.4, -0.2) is 45.7 Å². The van der Waals surface area contributed by atoms with E-state index in [1.54, 1.807) is 16.3 Å². The Hall–Kier alpha value is -1.77. The number of nitrogens with zero attached hydrogens (tertiary/aromatic N) is 2. The molecule has 1 fully saturated rings. The van der Waals surface area contributed by atoms with E-state index in [-0.39, 0.29) is 23.3 Å². The zero-order valence-electron chi connectivity index (χ0n) is 15.7. The Morgan fingerprint density at radius 3 is 2.96 bits per heavy atom. The summed E-state index contributed by atoms with van der Waals surface area (Å²) >= 11 is 2.89. The molecule has 0 aliphatic carbocycles. The quantitative estimate of drug-likeness (QED) is 0.575. The highest BCUT2D eigenvalue weighted by molar-refractivity contribution is 8.00. The van der Waals surface area contributed by atoms with Gasteiger partial charge in [0.2, 0.25) is 5.91 Å². The molecule has 0 radical (unpaired) electrons. The molecule has 0 unspecified atom stereocenters. The van der Waals surface area contributed by atoms with Crippen molar-refractivity contribution >= 4 is 29.4 Å². The van der Waals surface area contributed by atoms with Gasteiger partial charge in [0, 0.05) is 24.8 Å². The van der Waals surface area contributed by atoms with E-state index in [4.69, 9.17) is 9.72 Å². The van der Waals surface area contributed by atoms with Gasteiger partial charge in [0.1, 0.15) is 0 Å². The molecule has 1 saturated heterocycles. The summed E-state index contributed by atoms with van der Waals surface area (Å²) in [5.41, 5.74) is 1.56. The minimum absolute atomic E-state index is 0.0483. The molecule has 0 spiro atoms. The van der Waals surface area contributed by atoms with Crippen LogP contribution in [0.3, 0.4) is 0 Å². The lowest BCUT2D eigenvalue weighted by Crippen LogP contribution is -2.33. The molecule has 1 aromatic carbocycles. The molecule has 2 aliphatic heterocycles. The summed E-state index contributed by atoms with van der Waals surface area (Å²) in [7, 11) is 0. The minimum Gasteiger partial charge on any atom is -0.376 e. The number of carbonyl (C=O) groups is 1. The van der Waals surface area contributed by atoms with Crippen molar-refractivity contribution in [2.24, 2.45) is 0 Å². The highest BCUT2D eigenvalue weighted by atomic mass is 32.2. The fourth-order valence-corrected chi connectivity index (χ4v) is 5.37. The molecule has 2 aliphatic rings. The molecule has 1 aromatic heterocycles. The zero-order valence-corrected chi connectivity index (χ0v) is 17.4. The van der Waals surface area contributed by atoms with E-state index >= 15 is 0 Å². The van der Waals surface area contributed by atoms with Crippen LogP contribution in [0.15, 0.2) is 45.2 Å². The van der Waals surface area contributed by atoms with Crippen molar-refractivity contribution in [3.8, 4) is 5.69 Å². The predicted octanol–water partition coefficient (Wildman–Crippen LogP) is 2.66. The number of carbonyl (C=O) groups excluding carboxylic acids is 1. The van der Waals surface area contributed by atoms with Crippen molar-refractivity contribution in [2.45, 2.75) is 47.6 Å². The van der Waals surface area contributed by atoms with Crippen LogP contribution in [0.5, 0.6) is 0 Å². The van der Waals surface area contributed by atoms with Gasteiger partial charge in [-0.1, -0.05) is 36.9 Å². The van der Waals surface area contributed by atoms with E-state index in [0.29, 0.717) is 17.0 Å². The number of aromatic nitrogens is 2. The second-order valence-corrected chi connectivity index (χ2v) is 9.40. The Kier molecular flexibility index (Phi) is 6.08. The molecular weight excluding hydrogens is 394 g/mol. The number of rotatable bonds is 6. The van der Waals surface area contributed by atoms with E-state index in [9.17, 15) is 9.59 Å². The number of thioether (sulfide) groups is 2. The number of fused-ring (bicyclic) bond motifs is 1. The Morgan fingerprint density at radius 1 is 1.39 bits per heavy atom. The largest absolute Gasteiger partial charge is 0.376 e. The average molecular weight is 418 g/mol. The highest BCUT2D eigenvalue weighted by Crippen LogP contribution is 2.34. The van der Waals surface area contributed by atoms with Gasteiger partial charge < -0.3 is 10.1 Å². The summed E-state index contributed by atoms with van der Waals surface area (Å²) in [5.74, 6) is 0.144. The normalized spacial score (nSPS) is 20.9.